The second-order valence-corrected chi connectivity index (χ2v) is 8.25. The Balaban J connectivity index is 1.67. The second kappa shape index (κ2) is 10.4. The molecule has 0 aliphatic heterocycles. The third-order valence-corrected chi connectivity index (χ3v) is 6.02. The molecule has 0 saturated heterocycles. The van der Waals surface area contributed by atoms with E-state index in [2.05, 4.69) is 0 Å². The molecule has 0 unspecified atom stereocenters. The smallest absolute Gasteiger partial charge is 0.407 e. The van der Waals surface area contributed by atoms with Crippen LogP contribution in [0.5, 0.6) is 0 Å². The van der Waals surface area contributed by atoms with Crippen molar-refractivity contribution in [3.8, 4) is 11.1 Å². The van der Waals surface area contributed by atoms with E-state index in [9.17, 15) is 19.8 Å². The van der Waals surface area contributed by atoms with Crippen molar-refractivity contribution in [2.24, 2.45) is 0 Å². The van der Waals surface area contributed by atoms with Gasteiger partial charge in [0.2, 0.25) is 0 Å². The first-order valence-electron chi connectivity index (χ1n) is 10.4. The average molecular weight is 452 g/mol. The molecule has 0 saturated carbocycles. The largest absolute Gasteiger partial charge is 0.465 e. The molecular weight excluding hydrogens is 426 g/mol. The lowest BCUT2D eigenvalue weighted by Crippen LogP contribution is -2.35. The van der Waals surface area contributed by atoms with Gasteiger partial charge in [-0.25, -0.2) is 4.79 Å². The minimum atomic E-state index is -1.08. The summed E-state index contributed by atoms with van der Waals surface area (Å²) in [6, 6.07) is 18.5. The van der Waals surface area contributed by atoms with E-state index in [1.54, 1.807) is 24.3 Å². The molecular formula is C26H26ClNO4. The van der Waals surface area contributed by atoms with Crippen molar-refractivity contribution in [1.29, 1.82) is 0 Å². The van der Waals surface area contributed by atoms with Crippen LogP contribution in [0.2, 0.25) is 5.02 Å². The maximum absolute atomic E-state index is 11.7. The van der Waals surface area contributed by atoms with Crippen LogP contribution in [0.15, 0.2) is 60.7 Å². The van der Waals surface area contributed by atoms with Crippen LogP contribution in [-0.2, 0) is 6.42 Å². The van der Waals surface area contributed by atoms with Crippen molar-refractivity contribution in [1.82, 2.24) is 4.90 Å². The molecule has 1 amide bonds. The van der Waals surface area contributed by atoms with Crippen molar-refractivity contribution in [3.63, 3.8) is 0 Å². The lowest BCUT2D eigenvalue weighted by atomic mass is 9.93. The second-order valence-electron chi connectivity index (χ2n) is 7.82. The number of benzene rings is 3. The number of aldehydes is 1. The number of rotatable bonds is 8. The third-order valence-electron chi connectivity index (χ3n) is 5.79. The molecule has 5 nitrogen and oxygen atoms in total. The topological polar surface area (TPSA) is 77.8 Å². The Bertz CT molecular complexity index is 1110. The molecule has 0 fully saturated rings. The summed E-state index contributed by atoms with van der Waals surface area (Å²) >= 11 is 5.96. The number of aliphatic hydroxyl groups excluding tert-OH is 1. The van der Waals surface area contributed by atoms with Gasteiger partial charge in [0.15, 0.2) is 0 Å². The van der Waals surface area contributed by atoms with Crippen LogP contribution >= 0.6 is 11.6 Å². The van der Waals surface area contributed by atoms with E-state index >= 15 is 0 Å². The molecule has 2 N–H and O–H groups in total. The zero-order chi connectivity index (χ0) is 23.3. The van der Waals surface area contributed by atoms with Crippen molar-refractivity contribution in [3.05, 3.63) is 93.5 Å². The van der Waals surface area contributed by atoms with E-state index < -0.39 is 12.2 Å². The lowest BCUT2D eigenvalue weighted by molar-refractivity contribution is 0.0973. The van der Waals surface area contributed by atoms with Gasteiger partial charge in [-0.3, -0.25) is 4.79 Å². The number of nitrogens with zero attached hydrogens (tertiary/aromatic N) is 1. The molecule has 1 atom stereocenters. The van der Waals surface area contributed by atoms with Crippen LogP contribution < -0.4 is 0 Å². The highest BCUT2D eigenvalue weighted by Gasteiger charge is 2.18. The average Bonchev–Trinajstić information content (AvgIpc) is 2.78. The Morgan fingerprint density at radius 3 is 2.41 bits per heavy atom. The molecule has 0 aromatic heterocycles. The van der Waals surface area contributed by atoms with Gasteiger partial charge in [-0.2, -0.15) is 0 Å². The standard InChI is InChI=1S/C26H26ClNO4/c1-17-18(2)24(11-10-22(17)16-29)20-8-6-19(7-9-20)12-13-28(26(31)32)15-25(30)21-4-3-5-23(27)14-21/h3-11,14,16,25,30H,12-13,15H2,1-2H3,(H,31,32)/t25-/m1/s1. The van der Waals surface area contributed by atoms with E-state index in [-0.39, 0.29) is 13.1 Å². The summed E-state index contributed by atoms with van der Waals surface area (Å²) in [5.41, 5.74) is 6.41. The first kappa shape index (κ1) is 23.5. The van der Waals surface area contributed by atoms with Gasteiger partial charge in [0, 0.05) is 17.1 Å². The lowest BCUT2D eigenvalue weighted by Gasteiger charge is -2.23. The molecule has 0 heterocycles. The monoisotopic (exact) mass is 451 g/mol. The number of hydrogen-bond acceptors (Lipinski definition) is 3. The molecule has 3 rings (SSSR count). The highest BCUT2D eigenvalue weighted by molar-refractivity contribution is 6.30. The minimum absolute atomic E-state index is 0.0324. The van der Waals surface area contributed by atoms with Crippen LogP contribution in [0.25, 0.3) is 11.1 Å². The fourth-order valence-electron chi connectivity index (χ4n) is 3.69. The minimum Gasteiger partial charge on any atom is -0.465 e. The fourth-order valence-corrected chi connectivity index (χ4v) is 3.89. The fraction of sp³-hybridized carbons (Fsp3) is 0.231. The predicted molar refractivity (Wildman–Crippen MR) is 126 cm³/mol. The van der Waals surface area contributed by atoms with Gasteiger partial charge in [0.25, 0.3) is 0 Å². The normalized spacial score (nSPS) is 11.8. The molecule has 166 valence electrons. The SMILES string of the molecule is Cc1c(C=O)ccc(-c2ccc(CCN(C[C@@H](O)c3cccc(Cl)c3)C(=O)O)cc2)c1C. The van der Waals surface area contributed by atoms with Crippen LogP contribution in [-0.4, -0.2) is 40.6 Å². The van der Waals surface area contributed by atoms with Crippen molar-refractivity contribution in [2.45, 2.75) is 26.4 Å². The predicted octanol–water partition coefficient (Wildman–Crippen LogP) is 5.69. The highest BCUT2D eigenvalue weighted by atomic mass is 35.5. The maximum Gasteiger partial charge on any atom is 0.407 e. The number of amides is 1. The van der Waals surface area contributed by atoms with E-state index in [0.717, 1.165) is 34.1 Å². The number of carbonyl (C=O) groups excluding carboxylic acids is 1. The van der Waals surface area contributed by atoms with Crippen LogP contribution in [0.3, 0.4) is 0 Å². The quantitative estimate of drug-likeness (QED) is 0.431. The van der Waals surface area contributed by atoms with Gasteiger partial charge in [-0.05, 0) is 65.8 Å². The van der Waals surface area contributed by atoms with E-state index in [1.165, 1.54) is 4.90 Å². The number of carboxylic acid groups (broad SMARTS) is 1. The number of hydrogen-bond donors (Lipinski definition) is 2. The molecule has 0 bridgehead atoms. The van der Waals surface area contributed by atoms with Gasteiger partial charge in [0.05, 0.1) is 12.6 Å². The Labute approximate surface area is 192 Å². The summed E-state index contributed by atoms with van der Waals surface area (Å²) in [4.78, 5) is 24.0. The van der Waals surface area contributed by atoms with Gasteiger partial charge in [-0.15, -0.1) is 0 Å². The highest BCUT2D eigenvalue weighted by Crippen LogP contribution is 2.27. The van der Waals surface area contributed by atoms with Gasteiger partial charge < -0.3 is 15.1 Å². The van der Waals surface area contributed by atoms with Crippen LogP contribution in [0.4, 0.5) is 4.79 Å². The molecule has 3 aromatic carbocycles. The summed E-state index contributed by atoms with van der Waals surface area (Å²) < 4.78 is 0. The summed E-state index contributed by atoms with van der Waals surface area (Å²) in [5, 5.41) is 20.5. The molecule has 0 aliphatic rings. The van der Waals surface area contributed by atoms with E-state index in [0.29, 0.717) is 22.6 Å². The van der Waals surface area contributed by atoms with Gasteiger partial charge in [0.1, 0.15) is 6.29 Å². The number of halogens is 1. The van der Waals surface area contributed by atoms with E-state index in [1.807, 2.05) is 50.2 Å². The zero-order valence-corrected chi connectivity index (χ0v) is 18.8. The van der Waals surface area contributed by atoms with Crippen LogP contribution in [0, 0.1) is 13.8 Å². The summed E-state index contributed by atoms with van der Waals surface area (Å²) in [7, 11) is 0. The van der Waals surface area contributed by atoms with Crippen molar-refractivity contribution in [2.75, 3.05) is 13.1 Å². The molecule has 0 aliphatic carbocycles. The molecule has 32 heavy (non-hydrogen) atoms. The number of carbonyl (C=O) groups is 2. The number of aliphatic hydroxyl groups is 1. The Kier molecular flexibility index (Phi) is 7.67. The Morgan fingerprint density at radius 2 is 1.78 bits per heavy atom. The van der Waals surface area contributed by atoms with E-state index in [4.69, 9.17) is 11.6 Å². The van der Waals surface area contributed by atoms with Gasteiger partial charge >= 0.3 is 6.09 Å². The molecule has 0 radical (unpaired) electrons. The Hall–Kier alpha value is -3.15. The molecule has 6 heteroatoms. The summed E-state index contributed by atoms with van der Waals surface area (Å²) in [6.45, 7) is 4.17. The first-order valence-corrected chi connectivity index (χ1v) is 10.7. The first-order chi connectivity index (χ1) is 15.3. The zero-order valence-electron chi connectivity index (χ0n) is 18.1. The third kappa shape index (κ3) is 5.55. The van der Waals surface area contributed by atoms with Gasteiger partial charge in [-0.1, -0.05) is 60.1 Å². The van der Waals surface area contributed by atoms with Crippen LogP contribution in [0.1, 0.15) is 38.7 Å². The molecule has 0 spiro atoms. The molecule has 3 aromatic rings. The summed E-state index contributed by atoms with van der Waals surface area (Å²) in [6.07, 6.45) is -0.638. The Morgan fingerprint density at radius 1 is 1.06 bits per heavy atom. The summed E-state index contributed by atoms with van der Waals surface area (Å²) in [5.74, 6) is 0. The maximum atomic E-state index is 11.7. The van der Waals surface area contributed by atoms with Crippen molar-refractivity contribution >= 4 is 24.0 Å². The van der Waals surface area contributed by atoms with Crippen molar-refractivity contribution < 1.29 is 19.8 Å².